The predicted molar refractivity (Wildman–Crippen MR) is 107 cm³/mol. The third kappa shape index (κ3) is 6.58. The normalized spacial score (nSPS) is 25.3. The fourth-order valence-corrected chi connectivity index (χ4v) is 2.99. The van der Waals surface area contributed by atoms with Gasteiger partial charge in [0, 0.05) is 6.42 Å². The van der Waals surface area contributed by atoms with Crippen molar-refractivity contribution in [2.45, 2.75) is 58.2 Å². The number of ether oxygens (including phenoxy) is 1. The Kier molecular flexibility index (Phi) is 8.18. The first-order valence-electron chi connectivity index (χ1n) is 9.92. The minimum absolute atomic E-state index is 0.0684. The number of cyclic esters (lactones) is 1. The zero-order chi connectivity index (χ0) is 21.4. The van der Waals surface area contributed by atoms with E-state index < -0.39 is 41.8 Å². The molecule has 3 N–H and O–H groups in total. The van der Waals surface area contributed by atoms with Crippen LogP contribution in [0.15, 0.2) is 30.3 Å². The van der Waals surface area contributed by atoms with Crippen LogP contribution in [0, 0.1) is 5.92 Å². The van der Waals surface area contributed by atoms with E-state index >= 15 is 0 Å². The second kappa shape index (κ2) is 10.6. The molecule has 0 aromatic heterocycles. The average Bonchev–Trinajstić information content (AvgIpc) is 2.71. The van der Waals surface area contributed by atoms with Gasteiger partial charge in [-0.2, -0.15) is 0 Å². The van der Waals surface area contributed by atoms with Crippen molar-refractivity contribution in [2.75, 3.05) is 6.61 Å². The Morgan fingerprint density at radius 1 is 1.03 bits per heavy atom. The molecule has 1 aliphatic heterocycles. The summed E-state index contributed by atoms with van der Waals surface area (Å²) in [5, 5.41) is 7.98. The monoisotopic (exact) mass is 403 g/mol. The maximum Gasteiger partial charge on any atom is 0.328 e. The third-order valence-electron chi connectivity index (χ3n) is 5.02. The third-order valence-corrected chi connectivity index (χ3v) is 5.02. The van der Waals surface area contributed by atoms with Gasteiger partial charge in [-0.1, -0.05) is 50.6 Å². The van der Waals surface area contributed by atoms with Crippen LogP contribution in [0.4, 0.5) is 0 Å². The molecule has 8 heteroatoms. The average molecular weight is 403 g/mol. The summed E-state index contributed by atoms with van der Waals surface area (Å²) < 4.78 is 5.21. The summed E-state index contributed by atoms with van der Waals surface area (Å²) >= 11 is 0. The maximum absolute atomic E-state index is 12.8. The Bertz CT molecular complexity index is 737. The number of hydrogen-bond acceptors (Lipinski definition) is 5. The molecule has 0 saturated carbocycles. The first-order chi connectivity index (χ1) is 13.8. The highest BCUT2D eigenvalue weighted by Gasteiger charge is 2.31. The molecule has 8 nitrogen and oxygen atoms in total. The lowest BCUT2D eigenvalue weighted by atomic mass is 9.99. The van der Waals surface area contributed by atoms with Crippen LogP contribution in [0.3, 0.4) is 0 Å². The van der Waals surface area contributed by atoms with Crippen molar-refractivity contribution in [1.82, 2.24) is 16.0 Å². The predicted octanol–water partition coefficient (Wildman–Crippen LogP) is 0.696. The van der Waals surface area contributed by atoms with Crippen LogP contribution in [-0.2, 0) is 30.3 Å². The zero-order valence-electron chi connectivity index (χ0n) is 17.1. The second-order valence-electron chi connectivity index (χ2n) is 7.33. The Labute approximate surface area is 170 Å². The van der Waals surface area contributed by atoms with E-state index in [0.717, 1.165) is 5.56 Å². The van der Waals surface area contributed by atoms with Crippen LogP contribution in [-0.4, -0.2) is 48.4 Å². The summed E-state index contributed by atoms with van der Waals surface area (Å²) in [6, 6.07) is 6.71. The van der Waals surface area contributed by atoms with Gasteiger partial charge in [0.05, 0.1) is 6.42 Å². The molecular formula is C21H29N3O5. The van der Waals surface area contributed by atoms with E-state index in [9.17, 15) is 19.2 Å². The molecule has 29 heavy (non-hydrogen) atoms. The molecule has 158 valence electrons. The molecule has 0 bridgehead atoms. The number of amides is 3. The molecule has 1 heterocycles. The molecule has 1 aromatic carbocycles. The molecule has 4 atom stereocenters. The van der Waals surface area contributed by atoms with Crippen molar-refractivity contribution in [3.8, 4) is 0 Å². The van der Waals surface area contributed by atoms with E-state index in [1.807, 2.05) is 44.2 Å². The van der Waals surface area contributed by atoms with E-state index in [4.69, 9.17) is 4.74 Å². The van der Waals surface area contributed by atoms with Gasteiger partial charge in [0.25, 0.3) is 0 Å². The van der Waals surface area contributed by atoms with Gasteiger partial charge in [-0.15, -0.1) is 0 Å². The van der Waals surface area contributed by atoms with Crippen molar-refractivity contribution in [1.29, 1.82) is 0 Å². The summed E-state index contributed by atoms with van der Waals surface area (Å²) in [6.07, 6.45) is 0.865. The maximum atomic E-state index is 12.8. The van der Waals surface area contributed by atoms with Crippen LogP contribution >= 0.6 is 0 Å². The van der Waals surface area contributed by atoms with Crippen LogP contribution in [0.25, 0.3) is 0 Å². The second-order valence-corrected chi connectivity index (χ2v) is 7.33. The van der Waals surface area contributed by atoms with Crippen LogP contribution in [0.5, 0.6) is 0 Å². The van der Waals surface area contributed by atoms with Crippen molar-refractivity contribution in [3.05, 3.63) is 35.9 Å². The summed E-state index contributed by atoms with van der Waals surface area (Å²) in [5.74, 6) is -2.08. The minimum Gasteiger partial charge on any atom is -0.464 e. The number of carbonyl (C=O) groups is 4. The van der Waals surface area contributed by atoms with E-state index in [1.165, 1.54) is 6.92 Å². The Morgan fingerprint density at radius 2 is 1.72 bits per heavy atom. The number of nitrogens with one attached hydrogen (secondary N) is 3. The highest BCUT2D eigenvalue weighted by molar-refractivity contribution is 5.93. The number of hydrogen-bond donors (Lipinski definition) is 3. The molecule has 1 fully saturated rings. The molecule has 0 spiro atoms. The van der Waals surface area contributed by atoms with Crippen molar-refractivity contribution in [3.63, 3.8) is 0 Å². The van der Waals surface area contributed by atoms with Crippen molar-refractivity contribution >= 4 is 23.7 Å². The van der Waals surface area contributed by atoms with E-state index in [2.05, 4.69) is 16.0 Å². The first kappa shape index (κ1) is 22.4. The van der Waals surface area contributed by atoms with Gasteiger partial charge in [-0.25, -0.2) is 4.79 Å². The van der Waals surface area contributed by atoms with Crippen LogP contribution in [0.2, 0.25) is 0 Å². The molecule has 0 unspecified atom stereocenters. The minimum atomic E-state index is -0.877. The summed E-state index contributed by atoms with van der Waals surface area (Å²) in [6.45, 7) is 5.14. The molecule has 1 saturated heterocycles. The van der Waals surface area contributed by atoms with Gasteiger partial charge < -0.3 is 20.7 Å². The lowest BCUT2D eigenvalue weighted by molar-refractivity contribution is -0.150. The Balaban J connectivity index is 2.21. The highest BCUT2D eigenvalue weighted by atomic mass is 16.5. The number of carbonyl (C=O) groups excluding carboxylic acids is 4. The smallest absolute Gasteiger partial charge is 0.328 e. The summed E-state index contributed by atoms with van der Waals surface area (Å²) in [5.41, 5.74) is 0.873. The van der Waals surface area contributed by atoms with Gasteiger partial charge >= 0.3 is 5.97 Å². The van der Waals surface area contributed by atoms with Gasteiger partial charge in [-0.05, 0) is 18.4 Å². The van der Waals surface area contributed by atoms with Crippen molar-refractivity contribution in [2.24, 2.45) is 5.92 Å². The number of rotatable bonds is 4. The standard InChI is InChI=1S/C21H29N3O5/c1-4-13(2)18-21(28)29-11-10-17(25)23-16(12-15-8-6-5-7-9-15)20(27)22-14(3)19(26)24-18/h5-9,13-14,16,18H,4,10-12H2,1-3H3,(H,22,27)(H,23,25)(H,24,26)/t13-,14-,16-,18+/m1/s1. The SMILES string of the molecule is CC[C@@H](C)[C@@H]1NC(=O)[C@@H](C)NC(=O)[C@@H](Cc2ccccc2)NC(=O)CCOC1=O. The summed E-state index contributed by atoms with van der Waals surface area (Å²) in [4.78, 5) is 50.0. The first-order valence-corrected chi connectivity index (χ1v) is 9.92. The van der Waals surface area contributed by atoms with E-state index in [-0.39, 0.29) is 25.4 Å². The molecule has 0 radical (unpaired) electrons. The van der Waals surface area contributed by atoms with Crippen LogP contribution in [0.1, 0.15) is 39.2 Å². The number of esters is 1. The fourth-order valence-electron chi connectivity index (χ4n) is 2.99. The Morgan fingerprint density at radius 3 is 2.38 bits per heavy atom. The van der Waals surface area contributed by atoms with E-state index in [1.54, 1.807) is 0 Å². The molecule has 3 amide bonds. The molecular weight excluding hydrogens is 374 g/mol. The fraction of sp³-hybridized carbons (Fsp3) is 0.524. The highest BCUT2D eigenvalue weighted by Crippen LogP contribution is 2.11. The molecule has 0 aliphatic carbocycles. The topological polar surface area (TPSA) is 114 Å². The van der Waals surface area contributed by atoms with Gasteiger partial charge in [0.1, 0.15) is 24.7 Å². The summed E-state index contributed by atoms with van der Waals surface area (Å²) in [7, 11) is 0. The molecule has 1 aliphatic rings. The lowest BCUT2D eigenvalue weighted by Gasteiger charge is -2.25. The van der Waals surface area contributed by atoms with Gasteiger partial charge in [-0.3, -0.25) is 14.4 Å². The van der Waals surface area contributed by atoms with Gasteiger partial charge in [0.15, 0.2) is 0 Å². The Hall–Kier alpha value is -2.90. The zero-order valence-corrected chi connectivity index (χ0v) is 17.1. The number of benzene rings is 1. The molecule has 1 aromatic rings. The molecule has 2 rings (SSSR count). The van der Waals surface area contributed by atoms with Crippen molar-refractivity contribution < 1.29 is 23.9 Å². The largest absolute Gasteiger partial charge is 0.464 e. The van der Waals surface area contributed by atoms with Gasteiger partial charge in [0.2, 0.25) is 17.7 Å². The van der Waals surface area contributed by atoms with E-state index in [0.29, 0.717) is 6.42 Å². The lowest BCUT2D eigenvalue weighted by Crippen LogP contribution is -2.55. The van der Waals surface area contributed by atoms with Crippen LogP contribution < -0.4 is 16.0 Å². The quantitative estimate of drug-likeness (QED) is 0.641.